The molecule has 0 aliphatic carbocycles. The molecule has 0 saturated carbocycles. The minimum atomic E-state index is -0.181. The van der Waals surface area contributed by atoms with Gasteiger partial charge in [-0.3, -0.25) is 10.1 Å². The van der Waals surface area contributed by atoms with Crippen LogP contribution in [0.3, 0.4) is 0 Å². The third kappa shape index (κ3) is 5.89. The van der Waals surface area contributed by atoms with Gasteiger partial charge in [0.15, 0.2) is 0 Å². The van der Waals surface area contributed by atoms with Gasteiger partial charge in [0.2, 0.25) is 0 Å². The zero-order valence-electron chi connectivity index (χ0n) is 11.0. The lowest BCUT2D eigenvalue weighted by molar-refractivity contribution is -0.145. The average Bonchev–Trinajstić information content (AvgIpc) is 2.87. The Bertz CT molecular complexity index is 328. The summed E-state index contributed by atoms with van der Waals surface area (Å²) in [4.78, 5) is 13.1. The summed E-state index contributed by atoms with van der Waals surface area (Å²) in [5.74, 6) is 0.950. The molecule has 0 fully saturated rings. The Labute approximate surface area is 117 Å². The van der Waals surface area contributed by atoms with Gasteiger partial charge >= 0.3 is 5.97 Å². The van der Waals surface area contributed by atoms with Crippen LogP contribution in [0.4, 0.5) is 0 Å². The van der Waals surface area contributed by atoms with Crippen molar-refractivity contribution in [1.82, 2.24) is 5.32 Å². The highest BCUT2D eigenvalue weighted by Crippen LogP contribution is 2.10. The quantitative estimate of drug-likeness (QED) is 0.560. The van der Waals surface area contributed by atoms with E-state index in [1.807, 2.05) is 18.4 Å². The molecular weight excluding hydrogens is 266 g/mol. The largest absolute Gasteiger partial charge is 0.465 e. The van der Waals surface area contributed by atoms with Crippen LogP contribution in [0.15, 0.2) is 17.5 Å². The standard InChI is InChI=1S/C13H21NO2S2/c1-3-16-13(15)12(7-5-8-17-2)14-10-11-6-4-9-18-11/h4,6,9,12,14H,3,5,7-8,10H2,1-2H3. The molecule has 1 aromatic rings. The van der Waals surface area contributed by atoms with Gasteiger partial charge < -0.3 is 4.74 Å². The summed E-state index contributed by atoms with van der Waals surface area (Å²) in [7, 11) is 0. The van der Waals surface area contributed by atoms with Crippen LogP contribution >= 0.6 is 23.1 Å². The predicted molar refractivity (Wildman–Crippen MR) is 79.2 cm³/mol. The van der Waals surface area contributed by atoms with Crippen molar-refractivity contribution in [2.45, 2.75) is 32.4 Å². The topological polar surface area (TPSA) is 38.3 Å². The number of rotatable bonds is 9. The lowest BCUT2D eigenvalue weighted by Gasteiger charge is -2.16. The second-order valence-electron chi connectivity index (χ2n) is 3.90. The monoisotopic (exact) mass is 287 g/mol. The zero-order chi connectivity index (χ0) is 13.2. The van der Waals surface area contributed by atoms with Crippen LogP contribution < -0.4 is 5.32 Å². The fourth-order valence-electron chi connectivity index (χ4n) is 1.61. The molecule has 1 N–H and O–H groups in total. The maximum Gasteiger partial charge on any atom is 0.323 e. The van der Waals surface area contributed by atoms with E-state index in [4.69, 9.17) is 4.74 Å². The van der Waals surface area contributed by atoms with Crippen LogP contribution in [0.5, 0.6) is 0 Å². The molecule has 1 heterocycles. The minimum Gasteiger partial charge on any atom is -0.465 e. The summed E-state index contributed by atoms with van der Waals surface area (Å²) >= 11 is 3.51. The first kappa shape index (κ1) is 15.5. The highest BCUT2D eigenvalue weighted by atomic mass is 32.2. The molecule has 0 amide bonds. The van der Waals surface area contributed by atoms with Crippen molar-refractivity contribution in [3.63, 3.8) is 0 Å². The highest BCUT2D eigenvalue weighted by Gasteiger charge is 2.18. The van der Waals surface area contributed by atoms with Gasteiger partial charge in [0.05, 0.1) is 6.61 Å². The van der Waals surface area contributed by atoms with E-state index in [1.54, 1.807) is 23.1 Å². The maximum atomic E-state index is 11.8. The van der Waals surface area contributed by atoms with Gasteiger partial charge in [-0.1, -0.05) is 6.07 Å². The van der Waals surface area contributed by atoms with Crippen LogP contribution in [0.2, 0.25) is 0 Å². The second kappa shape index (κ2) is 9.42. The van der Waals surface area contributed by atoms with Crippen LogP contribution in [0.1, 0.15) is 24.6 Å². The Balaban J connectivity index is 2.40. The number of ether oxygens (including phenoxy) is 1. The second-order valence-corrected chi connectivity index (χ2v) is 5.92. The number of thiophene rings is 1. The smallest absolute Gasteiger partial charge is 0.323 e. The van der Waals surface area contributed by atoms with Gasteiger partial charge in [-0.25, -0.2) is 0 Å². The van der Waals surface area contributed by atoms with Crippen molar-refractivity contribution in [2.75, 3.05) is 18.6 Å². The molecule has 0 bridgehead atoms. The Morgan fingerprint density at radius 1 is 1.61 bits per heavy atom. The number of thioether (sulfide) groups is 1. The Morgan fingerprint density at radius 2 is 2.44 bits per heavy atom. The summed E-state index contributed by atoms with van der Waals surface area (Å²) in [5, 5.41) is 5.34. The molecule has 0 radical (unpaired) electrons. The van der Waals surface area contributed by atoms with Gasteiger partial charge in [0.25, 0.3) is 0 Å². The number of hydrogen-bond acceptors (Lipinski definition) is 5. The molecule has 0 saturated heterocycles. The Morgan fingerprint density at radius 3 is 3.06 bits per heavy atom. The number of carbonyl (C=O) groups is 1. The van der Waals surface area contributed by atoms with Crippen LogP contribution in [-0.2, 0) is 16.1 Å². The van der Waals surface area contributed by atoms with E-state index >= 15 is 0 Å². The van der Waals surface area contributed by atoms with Gasteiger partial charge in [0, 0.05) is 11.4 Å². The lowest BCUT2D eigenvalue weighted by Crippen LogP contribution is -2.37. The number of nitrogens with one attached hydrogen (secondary N) is 1. The third-order valence-corrected chi connectivity index (χ3v) is 4.09. The molecule has 102 valence electrons. The molecule has 0 aromatic carbocycles. The van der Waals surface area contributed by atoms with Crippen LogP contribution in [0.25, 0.3) is 0 Å². The normalized spacial score (nSPS) is 12.3. The summed E-state index contributed by atoms with van der Waals surface area (Å²) < 4.78 is 5.10. The third-order valence-electron chi connectivity index (χ3n) is 2.52. The number of carbonyl (C=O) groups excluding carboxylic acids is 1. The predicted octanol–water partition coefficient (Wildman–Crippen LogP) is 2.91. The molecule has 0 aliphatic rings. The fourth-order valence-corrected chi connectivity index (χ4v) is 2.73. The van der Waals surface area contributed by atoms with E-state index < -0.39 is 0 Å². The first-order chi connectivity index (χ1) is 8.77. The first-order valence-corrected chi connectivity index (χ1v) is 8.46. The van der Waals surface area contributed by atoms with Gasteiger partial charge in [-0.15, -0.1) is 11.3 Å². The average molecular weight is 287 g/mol. The van der Waals surface area contributed by atoms with E-state index in [1.165, 1.54) is 4.88 Å². The van der Waals surface area contributed by atoms with Gasteiger partial charge in [-0.2, -0.15) is 11.8 Å². The van der Waals surface area contributed by atoms with E-state index in [-0.39, 0.29) is 12.0 Å². The van der Waals surface area contributed by atoms with Gasteiger partial charge in [0.1, 0.15) is 6.04 Å². The Kier molecular flexibility index (Phi) is 8.13. The van der Waals surface area contributed by atoms with Crippen molar-refractivity contribution in [2.24, 2.45) is 0 Å². The fraction of sp³-hybridized carbons (Fsp3) is 0.615. The lowest BCUT2D eigenvalue weighted by atomic mass is 10.1. The highest BCUT2D eigenvalue weighted by molar-refractivity contribution is 7.98. The van der Waals surface area contributed by atoms with Crippen molar-refractivity contribution in [3.05, 3.63) is 22.4 Å². The minimum absolute atomic E-state index is 0.129. The Hall–Kier alpha value is -0.520. The van der Waals surface area contributed by atoms with E-state index in [0.717, 1.165) is 25.1 Å². The summed E-state index contributed by atoms with van der Waals surface area (Å²) in [5.41, 5.74) is 0. The van der Waals surface area contributed by atoms with Gasteiger partial charge in [-0.05, 0) is 43.2 Å². The molecule has 18 heavy (non-hydrogen) atoms. The molecule has 1 unspecified atom stereocenters. The summed E-state index contributed by atoms with van der Waals surface area (Å²) in [6, 6.07) is 3.91. The molecule has 1 atom stereocenters. The number of esters is 1. The van der Waals surface area contributed by atoms with E-state index in [9.17, 15) is 4.79 Å². The SMILES string of the molecule is CCOC(=O)C(CCCSC)NCc1cccs1. The van der Waals surface area contributed by atoms with Crippen molar-refractivity contribution >= 4 is 29.1 Å². The molecule has 5 heteroatoms. The van der Waals surface area contributed by atoms with Crippen molar-refractivity contribution in [1.29, 1.82) is 0 Å². The van der Waals surface area contributed by atoms with E-state index in [2.05, 4.69) is 17.6 Å². The van der Waals surface area contributed by atoms with E-state index in [0.29, 0.717) is 6.61 Å². The van der Waals surface area contributed by atoms with Crippen molar-refractivity contribution < 1.29 is 9.53 Å². The number of hydrogen-bond donors (Lipinski definition) is 1. The molecule has 1 rings (SSSR count). The molecule has 1 aromatic heterocycles. The zero-order valence-corrected chi connectivity index (χ0v) is 12.6. The van der Waals surface area contributed by atoms with Crippen molar-refractivity contribution in [3.8, 4) is 0 Å². The molecule has 3 nitrogen and oxygen atoms in total. The maximum absolute atomic E-state index is 11.8. The molecule has 0 spiro atoms. The van der Waals surface area contributed by atoms with Crippen LogP contribution in [0, 0.1) is 0 Å². The first-order valence-electron chi connectivity index (χ1n) is 6.19. The summed E-state index contributed by atoms with van der Waals surface area (Å²) in [6.45, 7) is 3.02. The van der Waals surface area contributed by atoms with Crippen LogP contribution in [-0.4, -0.2) is 30.6 Å². The molecule has 0 aliphatic heterocycles. The summed E-state index contributed by atoms with van der Waals surface area (Å²) in [6.07, 6.45) is 3.95. The molecular formula is C13H21NO2S2.